The molecule has 1 aliphatic rings. The lowest BCUT2D eigenvalue weighted by Gasteiger charge is -2.31. The van der Waals surface area contributed by atoms with Crippen LogP contribution in [0.4, 0.5) is 5.69 Å². The van der Waals surface area contributed by atoms with Crippen LogP contribution in [0.2, 0.25) is 0 Å². The molecule has 1 aromatic heterocycles. The number of benzene rings is 1. The van der Waals surface area contributed by atoms with E-state index in [0.717, 1.165) is 49.0 Å². The van der Waals surface area contributed by atoms with Crippen molar-refractivity contribution >= 4 is 11.6 Å². The van der Waals surface area contributed by atoms with Gasteiger partial charge in [0.15, 0.2) is 0 Å². The van der Waals surface area contributed by atoms with Crippen molar-refractivity contribution in [1.82, 2.24) is 25.5 Å². The van der Waals surface area contributed by atoms with Crippen molar-refractivity contribution in [2.45, 2.75) is 44.6 Å². The van der Waals surface area contributed by atoms with Crippen molar-refractivity contribution in [3.05, 3.63) is 30.1 Å². The number of hydrogen-bond acceptors (Lipinski definition) is 6. The van der Waals surface area contributed by atoms with Crippen molar-refractivity contribution < 1.29 is 4.79 Å². The predicted molar refractivity (Wildman–Crippen MR) is 92.0 cm³/mol. The third-order valence-corrected chi connectivity index (χ3v) is 4.55. The van der Waals surface area contributed by atoms with E-state index in [-0.39, 0.29) is 12.5 Å². The zero-order valence-corrected chi connectivity index (χ0v) is 14.2. The average molecular weight is 339 g/mol. The van der Waals surface area contributed by atoms with Crippen LogP contribution in [-0.2, 0) is 4.79 Å². The largest absolute Gasteiger partial charge is 0.376 e. The zero-order chi connectivity index (χ0) is 17.7. The molecule has 1 aromatic carbocycles. The standard InChI is InChI=1S/C17H21N7O/c1-13-9-14(5-6-15(13)24-12-20-22-23-24)19-10-16(25)21-17(11-18)7-3-2-4-8-17/h5-6,9,12,19H,2-4,7-8,10H2,1H3,(H,21,25). The molecule has 1 amide bonds. The summed E-state index contributed by atoms with van der Waals surface area (Å²) >= 11 is 0. The van der Waals surface area contributed by atoms with Crippen molar-refractivity contribution in [1.29, 1.82) is 5.26 Å². The van der Waals surface area contributed by atoms with Gasteiger partial charge in [0, 0.05) is 5.69 Å². The lowest BCUT2D eigenvalue weighted by Crippen LogP contribution is -2.50. The number of hydrogen-bond donors (Lipinski definition) is 2. The monoisotopic (exact) mass is 339 g/mol. The van der Waals surface area contributed by atoms with Gasteiger partial charge in [-0.25, -0.2) is 4.68 Å². The molecule has 130 valence electrons. The normalized spacial score (nSPS) is 16.0. The first-order valence-corrected chi connectivity index (χ1v) is 8.42. The number of tetrazole rings is 1. The maximum absolute atomic E-state index is 12.2. The second-order valence-electron chi connectivity index (χ2n) is 6.41. The molecule has 0 saturated heterocycles. The van der Waals surface area contributed by atoms with E-state index in [1.165, 1.54) is 6.33 Å². The predicted octanol–water partition coefficient (Wildman–Crippen LogP) is 1.73. The van der Waals surface area contributed by atoms with E-state index >= 15 is 0 Å². The third kappa shape index (κ3) is 3.94. The molecule has 0 bridgehead atoms. The maximum atomic E-state index is 12.2. The Morgan fingerprint density at radius 1 is 1.36 bits per heavy atom. The van der Waals surface area contributed by atoms with E-state index in [1.54, 1.807) is 4.68 Å². The minimum atomic E-state index is -0.698. The Morgan fingerprint density at radius 2 is 2.16 bits per heavy atom. The highest BCUT2D eigenvalue weighted by Gasteiger charge is 2.33. The van der Waals surface area contributed by atoms with Gasteiger partial charge in [-0.2, -0.15) is 5.26 Å². The highest BCUT2D eigenvalue weighted by atomic mass is 16.2. The number of rotatable bonds is 5. The highest BCUT2D eigenvalue weighted by molar-refractivity contribution is 5.82. The molecule has 0 spiro atoms. The van der Waals surface area contributed by atoms with Crippen LogP contribution >= 0.6 is 0 Å². The zero-order valence-electron chi connectivity index (χ0n) is 14.2. The molecule has 3 rings (SSSR count). The summed E-state index contributed by atoms with van der Waals surface area (Å²) in [6.45, 7) is 2.09. The van der Waals surface area contributed by atoms with Gasteiger partial charge in [0.2, 0.25) is 5.91 Å². The number of nitrogens with zero attached hydrogens (tertiary/aromatic N) is 5. The van der Waals surface area contributed by atoms with Crippen LogP contribution in [0.5, 0.6) is 0 Å². The van der Waals surface area contributed by atoms with Crippen molar-refractivity contribution in [2.24, 2.45) is 0 Å². The van der Waals surface area contributed by atoms with E-state index in [0.29, 0.717) is 0 Å². The number of nitriles is 1. The second-order valence-corrected chi connectivity index (χ2v) is 6.41. The second kappa shape index (κ2) is 7.30. The number of aromatic nitrogens is 4. The fraction of sp³-hybridized carbons (Fsp3) is 0.471. The van der Waals surface area contributed by atoms with Crippen LogP contribution in [0, 0.1) is 18.3 Å². The van der Waals surface area contributed by atoms with E-state index in [2.05, 4.69) is 32.2 Å². The Labute approximate surface area is 146 Å². The van der Waals surface area contributed by atoms with E-state index < -0.39 is 5.54 Å². The average Bonchev–Trinajstić information content (AvgIpc) is 3.15. The summed E-state index contributed by atoms with van der Waals surface area (Å²) in [5.74, 6) is -0.161. The van der Waals surface area contributed by atoms with Gasteiger partial charge in [0.05, 0.1) is 18.3 Å². The lowest BCUT2D eigenvalue weighted by molar-refractivity contribution is -0.121. The fourth-order valence-electron chi connectivity index (χ4n) is 3.21. The van der Waals surface area contributed by atoms with Crippen LogP contribution in [0.25, 0.3) is 5.69 Å². The molecule has 0 unspecified atom stereocenters. The highest BCUT2D eigenvalue weighted by Crippen LogP contribution is 2.27. The minimum Gasteiger partial charge on any atom is -0.376 e. The molecule has 0 radical (unpaired) electrons. The molecule has 1 saturated carbocycles. The summed E-state index contributed by atoms with van der Waals surface area (Å²) in [6.07, 6.45) is 6.10. The topological polar surface area (TPSA) is 109 Å². The Balaban J connectivity index is 1.59. The molecule has 1 fully saturated rings. The Kier molecular flexibility index (Phi) is 4.93. The van der Waals surface area contributed by atoms with Gasteiger partial charge in [-0.05, 0) is 54.0 Å². The van der Waals surface area contributed by atoms with Gasteiger partial charge in [-0.3, -0.25) is 4.79 Å². The molecule has 0 atom stereocenters. The molecule has 2 N–H and O–H groups in total. The number of anilines is 1. The molecule has 8 nitrogen and oxygen atoms in total. The van der Waals surface area contributed by atoms with Gasteiger partial charge in [0.1, 0.15) is 11.9 Å². The SMILES string of the molecule is Cc1cc(NCC(=O)NC2(C#N)CCCCC2)ccc1-n1cnnn1. The van der Waals surface area contributed by atoms with Crippen LogP contribution in [0.1, 0.15) is 37.7 Å². The van der Waals surface area contributed by atoms with Crippen molar-refractivity contribution in [3.63, 3.8) is 0 Å². The summed E-state index contributed by atoms with van der Waals surface area (Å²) in [7, 11) is 0. The van der Waals surface area contributed by atoms with Crippen LogP contribution in [0.15, 0.2) is 24.5 Å². The third-order valence-electron chi connectivity index (χ3n) is 4.55. The van der Waals surface area contributed by atoms with Gasteiger partial charge in [-0.15, -0.1) is 5.10 Å². The number of amides is 1. The quantitative estimate of drug-likeness (QED) is 0.858. The van der Waals surface area contributed by atoms with Crippen LogP contribution in [-0.4, -0.2) is 38.2 Å². The summed E-state index contributed by atoms with van der Waals surface area (Å²) in [6, 6.07) is 8.00. The Hall–Kier alpha value is -2.95. The van der Waals surface area contributed by atoms with Gasteiger partial charge < -0.3 is 10.6 Å². The van der Waals surface area contributed by atoms with E-state index in [9.17, 15) is 10.1 Å². The van der Waals surface area contributed by atoms with E-state index in [1.807, 2.05) is 25.1 Å². The molecule has 2 aromatic rings. The smallest absolute Gasteiger partial charge is 0.240 e. The number of aryl methyl sites for hydroxylation is 1. The molecule has 1 aliphatic carbocycles. The Morgan fingerprint density at radius 3 is 2.80 bits per heavy atom. The van der Waals surface area contributed by atoms with E-state index in [4.69, 9.17) is 0 Å². The van der Waals surface area contributed by atoms with Gasteiger partial charge in [-0.1, -0.05) is 19.3 Å². The molecular formula is C17H21N7O. The first kappa shape index (κ1) is 16.9. The van der Waals surface area contributed by atoms with Crippen molar-refractivity contribution in [3.8, 4) is 11.8 Å². The number of nitrogens with one attached hydrogen (secondary N) is 2. The summed E-state index contributed by atoms with van der Waals surface area (Å²) in [5, 5.41) is 26.6. The molecule has 25 heavy (non-hydrogen) atoms. The lowest BCUT2D eigenvalue weighted by atomic mass is 9.83. The van der Waals surface area contributed by atoms with Crippen LogP contribution < -0.4 is 10.6 Å². The number of carbonyl (C=O) groups excluding carboxylic acids is 1. The van der Waals surface area contributed by atoms with Crippen LogP contribution in [0.3, 0.4) is 0 Å². The fourth-order valence-corrected chi connectivity index (χ4v) is 3.21. The van der Waals surface area contributed by atoms with Gasteiger partial charge >= 0.3 is 0 Å². The summed E-state index contributed by atoms with van der Waals surface area (Å²) in [4.78, 5) is 12.2. The van der Waals surface area contributed by atoms with Gasteiger partial charge in [0.25, 0.3) is 0 Å². The molecule has 1 heterocycles. The summed E-state index contributed by atoms with van der Waals surface area (Å²) < 4.78 is 1.59. The first-order valence-electron chi connectivity index (χ1n) is 8.42. The molecule has 8 heteroatoms. The molecule has 0 aliphatic heterocycles. The molecular weight excluding hydrogens is 318 g/mol. The minimum absolute atomic E-state index is 0.132. The number of carbonyl (C=O) groups is 1. The first-order chi connectivity index (χ1) is 12.1. The maximum Gasteiger partial charge on any atom is 0.240 e. The Bertz CT molecular complexity index is 773. The summed E-state index contributed by atoms with van der Waals surface area (Å²) in [5.41, 5.74) is 2.00. The van der Waals surface area contributed by atoms with Crippen molar-refractivity contribution in [2.75, 3.05) is 11.9 Å².